The highest BCUT2D eigenvalue weighted by Gasteiger charge is 2.32. The lowest BCUT2D eigenvalue weighted by Crippen LogP contribution is -2.43. The number of para-hydroxylation sites is 1. The molecule has 0 aliphatic carbocycles. The lowest BCUT2D eigenvalue weighted by atomic mass is 10.1. The first-order chi connectivity index (χ1) is 11.9. The summed E-state index contributed by atoms with van der Waals surface area (Å²) in [5.74, 6) is 0.231. The number of carbonyl (C=O) groups is 1. The molecule has 25 heavy (non-hydrogen) atoms. The quantitative estimate of drug-likeness (QED) is 0.841. The number of pyridine rings is 1. The van der Waals surface area contributed by atoms with Crippen LogP contribution in [-0.2, 0) is 9.84 Å². The Morgan fingerprint density at radius 1 is 1.16 bits per heavy atom. The van der Waals surface area contributed by atoms with Gasteiger partial charge in [-0.05, 0) is 30.9 Å². The zero-order chi connectivity index (χ0) is 18.0. The van der Waals surface area contributed by atoms with Gasteiger partial charge in [0.1, 0.15) is 5.69 Å². The average molecular weight is 360 g/mol. The van der Waals surface area contributed by atoms with E-state index in [1.54, 1.807) is 11.0 Å². The largest absolute Gasteiger partial charge is 0.337 e. The maximum Gasteiger partial charge on any atom is 0.272 e. The average Bonchev–Trinajstić information content (AvgIpc) is 2.60. The summed E-state index contributed by atoms with van der Waals surface area (Å²) in [5, 5.41) is 0.668. The standard InChI is InChI=1S/C19H24N2O3S/c1-14(2)13-25(23,24)16-9-11-21(12-10-16)19(22)18-8-7-15-5-3-4-6-17(15)20-18/h3-8,14,16H,9-13H2,1-2H3. The Hall–Kier alpha value is -1.95. The topological polar surface area (TPSA) is 67.3 Å². The van der Waals surface area contributed by atoms with E-state index in [4.69, 9.17) is 0 Å². The van der Waals surface area contributed by atoms with Gasteiger partial charge >= 0.3 is 0 Å². The summed E-state index contributed by atoms with van der Waals surface area (Å²) in [6.45, 7) is 4.77. The number of fused-ring (bicyclic) bond motifs is 1. The molecule has 0 unspecified atom stereocenters. The number of nitrogens with zero attached hydrogens (tertiary/aromatic N) is 2. The van der Waals surface area contributed by atoms with E-state index in [0.29, 0.717) is 31.6 Å². The molecule has 0 bridgehead atoms. The first kappa shape index (κ1) is 17.9. The second-order valence-corrected chi connectivity index (χ2v) is 9.43. The predicted octanol–water partition coefficient (Wildman–Crippen LogP) is 2.91. The van der Waals surface area contributed by atoms with E-state index in [-0.39, 0.29) is 22.8 Å². The number of likely N-dealkylation sites (tertiary alicyclic amines) is 1. The second-order valence-electron chi connectivity index (χ2n) is 7.10. The molecular weight excluding hydrogens is 336 g/mol. The van der Waals surface area contributed by atoms with Crippen LogP contribution in [0, 0.1) is 5.92 Å². The molecule has 1 amide bonds. The third kappa shape index (κ3) is 4.00. The van der Waals surface area contributed by atoms with Gasteiger partial charge in [-0.25, -0.2) is 13.4 Å². The Morgan fingerprint density at radius 2 is 1.84 bits per heavy atom. The summed E-state index contributed by atoms with van der Waals surface area (Å²) in [4.78, 5) is 18.9. The fourth-order valence-electron chi connectivity index (χ4n) is 3.37. The van der Waals surface area contributed by atoms with Crippen molar-refractivity contribution in [3.8, 4) is 0 Å². The molecule has 3 rings (SSSR count). The zero-order valence-electron chi connectivity index (χ0n) is 14.7. The molecule has 1 aliphatic heterocycles. The van der Waals surface area contributed by atoms with Crippen molar-refractivity contribution < 1.29 is 13.2 Å². The Kier molecular flexibility index (Phi) is 5.08. The highest BCUT2D eigenvalue weighted by atomic mass is 32.2. The van der Waals surface area contributed by atoms with Gasteiger partial charge in [0.05, 0.1) is 16.5 Å². The second kappa shape index (κ2) is 7.12. The molecule has 134 valence electrons. The molecule has 1 aliphatic rings. The third-order valence-electron chi connectivity index (χ3n) is 4.62. The zero-order valence-corrected chi connectivity index (χ0v) is 15.5. The van der Waals surface area contributed by atoms with Crippen LogP contribution in [0.3, 0.4) is 0 Å². The van der Waals surface area contributed by atoms with Gasteiger partial charge < -0.3 is 4.90 Å². The predicted molar refractivity (Wildman–Crippen MR) is 99.3 cm³/mol. The molecule has 0 saturated carbocycles. The molecule has 0 atom stereocenters. The minimum atomic E-state index is -3.08. The number of carbonyl (C=O) groups excluding carboxylic acids is 1. The van der Waals surface area contributed by atoms with Crippen LogP contribution >= 0.6 is 0 Å². The minimum Gasteiger partial charge on any atom is -0.337 e. The fourth-order valence-corrected chi connectivity index (χ4v) is 5.50. The minimum absolute atomic E-state index is 0.120. The lowest BCUT2D eigenvalue weighted by molar-refractivity contribution is 0.0720. The Balaban J connectivity index is 1.68. The van der Waals surface area contributed by atoms with E-state index in [0.717, 1.165) is 10.9 Å². The summed E-state index contributed by atoms with van der Waals surface area (Å²) < 4.78 is 24.7. The number of amides is 1. The molecule has 1 saturated heterocycles. The normalized spacial score (nSPS) is 16.5. The van der Waals surface area contributed by atoms with Gasteiger partial charge in [0, 0.05) is 18.5 Å². The van der Waals surface area contributed by atoms with Crippen molar-refractivity contribution in [1.29, 1.82) is 0 Å². The highest BCUT2D eigenvalue weighted by molar-refractivity contribution is 7.92. The van der Waals surface area contributed by atoms with Crippen LogP contribution < -0.4 is 0 Å². The molecule has 6 heteroatoms. The number of hydrogen-bond donors (Lipinski definition) is 0. The van der Waals surface area contributed by atoms with Crippen LogP contribution in [0.25, 0.3) is 10.9 Å². The molecule has 0 radical (unpaired) electrons. The number of sulfone groups is 1. The maximum atomic E-state index is 12.7. The van der Waals surface area contributed by atoms with Crippen molar-refractivity contribution in [3.63, 3.8) is 0 Å². The smallest absolute Gasteiger partial charge is 0.272 e. The fraction of sp³-hybridized carbons (Fsp3) is 0.474. The molecule has 2 aromatic rings. The van der Waals surface area contributed by atoms with Crippen molar-refractivity contribution in [3.05, 3.63) is 42.1 Å². The molecule has 1 aromatic carbocycles. The van der Waals surface area contributed by atoms with Crippen LogP contribution in [0.15, 0.2) is 36.4 Å². The van der Waals surface area contributed by atoms with Crippen LogP contribution in [0.5, 0.6) is 0 Å². The number of piperidine rings is 1. The van der Waals surface area contributed by atoms with E-state index in [1.165, 1.54) is 0 Å². The number of hydrogen-bond acceptors (Lipinski definition) is 4. The monoisotopic (exact) mass is 360 g/mol. The van der Waals surface area contributed by atoms with Gasteiger partial charge in [-0.2, -0.15) is 0 Å². The van der Waals surface area contributed by atoms with E-state index in [1.807, 2.05) is 44.2 Å². The van der Waals surface area contributed by atoms with Crippen LogP contribution in [0.4, 0.5) is 0 Å². The Labute approximate surface area is 149 Å². The van der Waals surface area contributed by atoms with Gasteiger partial charge in [0.25, 0.3) is 5.91 Å². The highest BCUT2D eigenvalue weighted by Crippen LogP contribution is 2.22. The molecular formula is C19H24N2O3S. The van der Waals surface area contributed by atoms with E-state index < -0.39 is 9.84 Å². The molecule has 2 heterocycles. The lowest BCUT2D eigenvalue weighted by Gasteiger charge is -2.31. The molecule has 0 spiro atoms. The van der Waals surface area contributed by atoms with Crippen molar-refractivity contribution in [2.24, 2.45) is 5.92 Å². The van der Waals surface area contributed by atoms with E-state index in [9.17, 15) is 13.2 Å². The number of rotatable bonds is 4. The SMILES string of the molecule is CC(C)CS(=O)(=O)C1CCN(C(=O)c2ccc3ccccc3n2)CC1. The summed E-state index contributed by atoms with van der Waals surface area (Å²) in [7, 11) is -3.08. The van der Waals surface area contributed by atoms with Crippen molar-refractivity contribution >= 4 is 26.6 Å². The van der Waals surface area contributed by atoms with Gasteiger partial charge in [0.2, 0.25) is 0 Å². The van der Waals surface area contributed by atoms with E-state index in [2.05, 4.69) is 4.98 Å². The summed E-state index contributed by atoms with van der Waals surface area (Å²) in [5.41, 5.74) is 1.21. The van der Waals surface area contributed by atoms with Crippen LogP contribution in [0.1, 0.15) is 37.2 Å². The summed E-state index contributed by atoms with van der Waals surface area (Å²) in [6, 6.07) is 11.3. The van der Waals surface area contributed by atoms with Crippen molar-refractivity contribution in [2.45, 2.75) is 31.9 Å². The van der Waals surface area contributed by atoms with Crippen LogP contribution in [0.2, 0.25) is 0 Å². The maximum absolute atomic E-state index is 12.7. The molecule has 1 fully saturated rings. The van der Waals surface area contributed by atoms with E-state index >= 15 is 0 Å². The van der Waals surface area contributed by atoms with Gasteiger partial charge in [-0.3, -0.25) is 4.79 Å². The number of aromatic nitrogens is 1. The van der Waals surface area contributed by atoms with Crippen LogP contribution in [-0.4, -0.2) is 48.3 Å². The molecule has 0 N–H and O–H groups in total. The first-order valence-corrected chi connectivity index (χ1v) is 10.4. The Morgan fingerprint density at radius 3 is 2.52 bits per heavy atom. The third-order valence-corrected chi connectivity index (χ3v) is 7.24. The Bertz CT molecular complexity index is 869. The van der Waals surface area contributed by atoms with Gasteiger partial charge in [-0.1, -0.05) is 38.1 Å². The van der Waals surface area contributed by atoms with Gasteiger partial charge in [-0.15, -0.1) is 0 Å². The van der Waals surface area contributed by atoms with Crippen molar-refractivity contribution in [2.75, 3.05) is 18.8 Å². The van der Waals surface area contributed by atoms with Gasteiger partial charge in [0.15, 0.2) is 9.84 Å². The van der Waals surface area contributed by atoms with Crippen molar-refractivity contribution in [1.82, 2.24) is 9.88 Å². The number of benzene rings is 1. The first-order valence-electron chi connectivity index (χ1n) is 8.73. The summed E-state index contributed by atoms with van der Waals surface area (Å²) >= 11 is 0. The summed E-state index contributed by atoms with van der Waals surface area (Å²) in [6.07, 6.45) is 1.02. The molecule has 1 aromatic heterocycles. The molecule has 5 nitrogen and oxygen atoms in total.